The first-order valence-electron chi connectivity index (χ1n) is 10.2. The molecule has 1 heterocycles. The van der Waals surface area contributed by atoms with Gasteiger partial charge in [-0.15, -0.1) is 0 Å². The van der Waals surface area contributed by atoms with Crippen molar-refractivity contribution in [1.29, 1.82) is 0 Å². The molecule has 2 N–H and O–H groups in total. The molecule has 0 aliphatic heterocycles. The average molecular weight is 538 g/mol. The second-order valence-corrected chi connectivity index (χ2v) is 8.92. The fourth-order valence-corrected chi connectivity index (χ4v) is 4.21. The number of anilines is 4. The van der Waals surface area contributed by atoms with Gasteiger partial charge in [0.2, 0.25) is 5.95 Å². The van der Waals surface area contributed by atoms with Crippen LogP contribution in [0.2, 0.25) is 0 Å². The normalized spacial score (nSPS) is 15.0. The van der Waals surface area contributed by atoms with Crippen LogP contribution in [0, 0.1) is 3.57 Å². The maximum absolute atomic E-state index is 13.6. The SMILES string of the molecule is FC(F)(F)c1cnc(Nc2ccc(I)cc2)nc1Nc1cccc(C2CCCCC2)c1. The molecule has 4 nitrogen and oxygen atoms in total. The van der Waals surface area contributed by atoms with Crippen molar-refractivity contribution in [2.75, 3.05) is 10.6 Å². The topological polar surface area (TPSA) is 49.8 Å². The first kappa shape index (κ1) is 21.9. The number of rotatable bonds is 5. The highest BCUT2D eigenvalue weighted by Crippen LogP contribution is 2.37. The fourth-order valence-electron chi connectivity index (χ4n) is 3.85. The molecule has 1 fully saturated rings. The molecule has 4 rings (SSSR count). The van der Waals surface area contributed by atoms with E-state index in [4.69, 9.17) is 0 Å². The van der Waals surface area contributed by atoms with Gasteiger partial charge in [-0.05, 0) is 83.3 Å². The van der Waals surface area contributed by atoms with E-state index in [0.29, 0.717) is 17.3 Å². The predicted molar refractivity (Wildman–Crippen MR) is 125 cm³/mol. The molecule has 0 atom stereocenters. The van der Waals surface area contributed by atoms with Crippen LogP contribution in [0.1, 0.15) is 49.1 Å². The third-order valence-corrected chi connectivity index (χ3v) is 6.14. The maximum Gasteiger partial charge on any atom is 0.421 e. The van der Waals surface area contributed by atoms with Crippen molar-refractivity contribution in [2.24, 2.45) is 0 Å². The summed E-state index contributed by atoms with van der Waals surface area (Å²) >= 11 is 2.18. The lowest BCUT2D eigenvalue weighted by Gasteiger charge is -2.22. The Morgan fingerprint density at radius 1 is 0.903 bits per heavy atom. The van der Waals surface area contributed by atoms with E-state index < -0.39 is 11.7 Å². The van der Waals surface area contributed by atoms with Crippen LogP contribution in [-0.2, 0) is 6.18 Å². The lowest BCUT2D eigenvalue weighted by Crippen LogP contribution is -2.13. The van der Waals surface area contributed by atoms with Crippen molar-refractivity contribution < 1.29 is 13.2 Å². The van der Waals surface area contributed by atoms with Gasteiger partial charge >= 0.3 is 6.18 Å². The minimum atomic E-state index is -4.56. The summed E-state index contributed by atoms with van der Waals surface area (Å²) in [6.07, 6.45) is 2.13. The first-order chi connectivity index (χ1) is 14.9. The van der Waals surface area contributed by atoms with Crippen LogP contribution < -0.4 is 10.6 Å². The van der Waals surface area contributed by atoms with Crippen LogP contribution in [0.25, 0.3) is 0 Å². The predicted octanol–water partition coefficient (Wildman–Crippen LogP) is 7.63. The molecule has 2 aromatic carbocycles. The zero-order chi connectivity index (χ0) is 21.8. The number of aromatic nitrogens is 2. The number of halogens is 4. The molecule has 0 spiro atoms. The van der Waals surface area contributed by atoms with E-state index >= 15 is 0 Å². The Balaban J connectivity index is 1.61. The summed E-state index contributed by atoms with van der Waals surface area (Å²) in [6, 6.07) is 15.1. The van der Waals surface area contributed by atoms with Crippen molar-refractivity contribution in [2.45, 2.75) is 44.2 Å². The van der Waals surface area contributed by atoms with Crippen molar-refractivity contribution in [3.63, 3.8) is 0 Å². The van der Waals surface area contributed by atoms with Gasteiger partial charge in [-0.25, -0.2) is 4.98 Å². The molecule has 1 aliphatic carbocycles. The molecule has 1 aromatic heterocycles. The molecule has 0 bridgehead atoms. The van der Waals surface area contributed by atoms with Crippen molar-refractivity contribution in [3.05, 3.63) is 69.4 Å². The van der Waals surface area contributed by atoms with Crippen molar-refractivity contribution >= 4 is 45.7 Å². The number of benzene rings is 2. The van der Waals surface area contributed by atoms with Crippen LogP contribution in [0.15, 0.2) is 54.7 Å². The van der Waals surface area contributed by atoms with Gasteiger partial charge in [-0.1, -0.05) is 31.4 Å². The zero-order valence-corrected chi connectivity index (χ0v) is 18.9. The standard InChI is InChI=1S/C23H22F3IN4/c24-23(25,26)20-14-28-22(30-18-11-9-17(27)10-12-18)31-21(20)29-19-8-4-7-16(13-19)15-5-2-1-3-6-15/h4,7-15H,1-3,5-6H2,(H2,28,29,30,31). The Morgan fingerprint density at radius 3 is 2.35 bits per heavy atom. The second-order valence-electron chi connectivity index (χ2n) is 7.67. The summed E-state index contributed by atoms with van der Waals surface area (Å²) in [6.45, 7) is 0. The van der Waals surface area contributed by atoms with Gasteiger partial charge < -0.3 is 10.6 Å². The molecule has 0 amide bonds. The summed E-state index contributed by atoms with van der Waals surface area (Å²) in [4.78, 5) is 8.01. The van der Waals surface area contributed by atoms with E-state index in [-0.39, 0.29) is 11.8 Å². The Bertz CT molecular complexity index is 1030. The van der Waals surface area contributed by atoms with Crippen molar-refractivity contribution in [1.82, 2.24) is 9.97 Å². The van der Waals surface area contributed by atoms with Gasteiger partial charge in [0.05, 0.1) is 0 Å². The molecule has 162 valence electrons. The highest BCUT2D eigenvalue weighted by Gasteiger charge is 2.35. The molecule has 31 heavy (non-hydrogen) atoms. The second kappa shape index (κ2) is 9.42. The number of nitrogens with zero attached hydrogens (tertiary/aromatic N) is 2. The van der Waals surface area contributed by atoms with E-state index in [1.807, 2.05) is 36.4 Å². The van der Waals surface area contributed by atoms with Crippen molar-refractivity contribution in [3.8, 4) is 0 Å². The van der Waals surface area contributed by atoms with Gasteiger partial charge in [-0.2, -0.15) is 18.2 Å². The molecular formula is C23H22F3IN4. The monoisotopic (exact) mass is 538 g/mol. The molecular weight excluding hydrogens is 516 g/mol. The summed E-state index contributed by atoms with van der Waals surface area (Å²) < 4.78 is 41.8. The number of hydrogen-bond donors (Lipinski definition) is 2. The van der Waals surface area contributed by atoms with Crippen LogP contribution in [0.5, 0.6) is 0 Å². The number of nitrogens with one attached hydrogen (secondary N) is 2. The zero-order valence-electron chi connectivity index (χ0n) is 16.7. The molecule has 0 saturated heterocycles. The number of alkyl halides is 3. The number of hydrogen-bond acceptors (Lipinski definition) is 4. The lowest BCUT2D eigenvalue weighted by atomic mass is 9.84. The highest BCUT2D eigenvalue weighted by molar-refractivity contribution is 14.1. The molecule has 3 aromatic rings. The van der Waals surface area contributed by atoms with Crippen LogP contribution >= 0.6 is 22.6 Å². The summed E-state index contributed by atoms with van der Waals surface area (Å²) in [5, 5.41) is 5.85. The smallest absolute Gasteiger partial charge is 0.340 e. The Hall–Kier alpha value is -2.36. The van der Waals surface area contributed by atoms with Gasteiger partial charge in [0.25, 0.3) is 0 Å². The quantitative estimate of drug-likeness (QED) is 0.328. The molecule has 1 saturated carbocycles. The minimum absolute atomic E-state index is 0.0974. The summed E-state index contributed by atoms with van der Waals surface area (Å²) in [5.41, 5.74) is 1.55. The van der Waals surface area contributed by atoms with Gasteiger partial charge in [0.1, 0.15) is 11.4 Å². The van der Waals surface area contributed by atoms with E-state index in [9.17, 15) is 13.2 Å². The van der Waals surface area contributed by atoms with Crippen LogP contribution in [0.4, 0.5) is 36.3 Å². The van der Waals surface area contributed by atoms with Gasteiger partial charge in [-0.3, -0.25) is 0 Å². The maximum atomic E-state index is 13.6. The van der Waals surface area contributed by atoms with E-state index in [1.165, 1.54) is 19.3 Å². The Kier molecular flexibility index (Phi) is 6.64. The minimum Gasteiger partial charge on any atom is -0.340 e. The summed E-state index contributed by atoms with van der Waals surface area (Å²) in [7, 11) is 0. The Morgan fingerprint density at radius 2 is 1.65 bits per heavy atom. The van der Waals surface area contributed by atoms with E-state index in [2.05, 4.69) is 49.3 Å². The Labute approximate surface area is 192 Å². The third-order valence-electron chi connectivity index (χ3n) is 5.42. The molecule has 0 unspecified atom stereocenters. The third kappa shape index (κ3) is 5.66. The van der Waals surface area contributed by atoms with E-state index in [1.54, 1.807) is 6.07 Å². The molecule has 1 aliphatic rings. The van der Waals surface area contributed by atoms with Crippen LogP contribution in [-0.4, -0.2) is 9.97 Å². The fraction of sp³-hybridized carbons (Fsp3) is 0.304. The van der Waals surface area contributed by atoms with Crippen LogP contribution in [0.3, 0.4) is 0 Å². The van der Waals surface area contributed by atoms with Gasteiger partial charge in [0, 0.05) is 21.1 Å². The highest BCUT2D eigenvalue weighted by atomic mass is 127. The summed E-state index contributed by atoms with van der Waals surface area (Å²) in [5.74, 6) is 0.289. The van der Waals surface area contributed by atoms with Gasteiger partial charge in [0.15, 0.2) is 0 Å². The molecule has 8 heteroatoms. The molecule has 0 radical (unpaired) electrons. The largest absolute Gasteiger partial charge is 0.421 e. The van der Waals surface area contributed by atoms with E-state index in [0.717, 1.165) is 28.2 Å². The first-order valence-corrected chi connectivity index (χ1v) is 11.3. The average Bonchev–Trinajstić information content (AvgIpc) is 2.76. The lowest BCUT2D eigenvalue weighted by molar-refractivity contribution is -0.137.